The van der Waals surface area contributed by atoms with Crippen molar-refractivity contribution in [3.05, 3.63) is 108 Å². The van der Waals surface area contributed by atoms with Gasteiger partial charge < -0.3 is 4.57 Å². The molecule has 35 heavy (non-hydrogen) atoms. The van der Waals surface area contributed by atoms with Gasteiger partial charge in [0.15, 0.2) is 5.69 Å². The number of nitrogens with one attached hydrogen (secondary N) is 2. The van der Waals surface area contributed by atoms with Crippen molar-refractivity contribution in [3.8, 4) is 11.3 Å². The second-order valence-electron chi connectivity index (χ2n) is 7.85. The van der Waals surface area contributed by atoms with Gasteiger partial charge in [-0.3, -0.25) is 0 Å². The SMILES string of the molecule is Fc1ccc2ccn(Cc3ccc(-c4ncc[nH+]c4NSc4ccccc4C(F)(F)F)cc3)c2c1. The summed E-state index contributed by atoms with van der Waals surface area (Å²) in [6.45, 7) is 0.566. The quantitative estimate of drug-likeness (QED) is 0.207. The van der Waals surface area contributed by atoms with Gasteiger partial charge in [0, 0.05) is 18.3 Å². The second kappa shape index (κ2) is 9.42. The lowest BCUT2D eigenvalue weighted by Crippen LogP contribution is -2.12. The number of anilines is 1. The largest absolute Gasteiger partial charge is 0.417 e. The average molecular weight is 496 g/mol. The molecule has 0 radical (unpaired) electrons. The zero-order chi connectivity index (χ0) is 24.4. The van der Waals surface area contributed by atoms with Crippen LogP contribution in [0.5, 0.6) is 0 Å². The Bertz CT molecular complexity index is 1480. The first kappa shape index (κ1) is 22.9. The highest BCUT2D eigenvalue weighted by Crippen LogP contribution is 2.37. The van der Waals surface area contributed by atoms with Gasteiger partial charge >= 0.3 is 12.0 Å². The van der Waals surface area contributed by atoms with Gasteiger partial charge in [-0.15, -0.1) is 0 Å². The molecule has 2 heterocycles. The highest BCUT2D eigenvalue weighted by Gasteiger charge is 2.34. The molecule has 9 heteroatoms. The number of H-pyrrole nitrogens is 1. The van der Waals surface area contributed by atoms with E-state index >= 15 is 0 Å². The van der Waals surface area contributed by atoms with Gasteiger partial charge in [0.2, 0.25) is 0 Å². The fourth-order valence-electron chi connectivity index (χ4n) is 3.82. The Labute approximate surface area is 202 Å². The third-order valence-electron chi connectivity index (χ3n) is 5.51. The molecule has 176 valence electrons. The van der Waals surface area contributed by atoms with Crippen LogP contribution in [-0.2, 0) is 12.7 Å². The van der Waals surface area contributed by atoms with E-state index in [-0.39, 0.29) is 10.7 Å². The Morgan fingerprint density at radius 3 is 2.57 bits per heavy atom. The molecule has 2 N–H and O–H groups in total. The number of nitrogens with zero attached hydrogens (tertiary/aromatic N) is 2. The summed E-state index contributed by atoms with van der Waals surface area (Å²) in [4.78, 5) is 7.50. The molecule has 5 aromatic rings. The van der Waals surface area contributed by atoms with Crippen LogP contribution in [0.15, 0.2) is 96.3 Å². The third-order valence-corrected chi connectivity index (χ3v) is 6.40. The van der Waals surface area contributed by atoms with E-state index in [0.29, 0.717) is 18.1 Å². The van der Waals surface area contributed by atoms with Crippen molar-refractivity contribution in [2.45, 2.75) is 17.6 Å². The van der Waals surface area contributed by atoms with Gasteiger partial charge in [-0.1, -0.05) is 36.4 Å². The fourth-order valence-corrected chi connectivity index (χ4v) is 4.63. The number of fused-ring (bicyclic) bond motifs is 1. The summed E-state index contributed by atoms with van der Waals surface area (Å²) in [5.41, 5.74) is 2.49. The molecule has 0 unspecified atom stereocenters. The van der Waals surface area contributed by atoms with Crippen LogP contribution in [0.3, 0.4) is 0 Å². The van der Waals surface area contributed by atoms with Crippen molar-refractivity contribution >= 4 is 28.7 Å². The summed E-state index contributed by atoms with van der Waals surface area (Å²) >= 11 is 0.869. The molecule has 0 bridgehead atoms. The predicted octanol–water partition coefficient (Wildman–Crippen LogP) is 6.84. The van der Waals surface area contributed by atoms with Crippen molar-refractivity contribution in [1.29, 1.82) is 0 Å². The maximum atomic E-state index is 13.7. The van der Waals surface area contributed by atoms with E-state index < -0.39 is 11.7 Å². The second-order valence-corrected chi connectivity index (χ2v) is 8.70. The van der Waals surface area contributed by atoms with E-state index in [4.69, 9.17) is 0 Å². The topological polar surface area (TPSA) is 44.0 Å². The van der Waals surface area contributed by atoms with E-state index in [9.17, 15) is 17.6 Å². The molecule has 0 amide bonds. The molecule has 5 rings (SSSR count). The van der Waals surface area contributed by atoms with Gasteiger partial charge in [0.05, 0.1) is 34.1 Å². The van der Waals surface area contributed by atoms with E-state index in [1.54, 1.807) is 24.5 Å². The van der Waals surface area contributed by atoms with Gasteiger partial charge in [-0.2, -0.15) is 13.2 Å². The van der Waals surface area contributed by atoms with Gasteiger partial charge in [0.1, 0.15) is 12.0 Å². The van der Waals surface area contributed by atoms with E-state index in [1.807, 2.05) is 41.1 Å². The fraction of sp³-hybridized carbons (Fsp3) is 0.0769. The molecule has 0 aliphatic carbocycles. The molecular weight excluding hydrogens is 476 g/mol. The first-order chi connectivity index (χ1) is 16.9. The Hall–Kier alpha value is -3.85. The molecule has 0 spiro atoms. The van der Waals surface area contributed by atoms with Crippen LogP contribution in [0, 0.1) is 5.82 Å². The van der Waals surface area contributed by atoms with Crippen LogP contribution in [0.25, 0.3) is 22.2 Å². The number of halogens is 4. The number of aromatic nitrogens is 3. The number of rotatable bonds is 6. The summed E-state index contributed by atoms with van der Waals surface area (Å²) in [5, 5.41) is 0.965. The molecule has 4 nitrogen and oxygen atoms in total. The molecule has 0 aliphatic rings. The van der Waals surface area contributed by atoms with Gasteiger partial charge in [-0.25, -0.2) is 19.1 Å². The van der Waals surface area contributed by atoms with Crippen molar-refractivity contribution in [3.63, 3.8) is 0 Å². The summed E-state index contributed by atoms with van der Waals surface area (Å²) in [6, 6.07) is 19.8. The lowest BCUT2D eigenvalue weighted by Gasteiger charge is -2.11. The van der Waals surface area contributed by atoms with E-state index in [1.165, 1.54) is 24.3 Å². The standard InChI is InChI=1S/C26H18F4N4S/c27-20-10-9-18-11-14-34(22(18)15-20)16-17-5-7-19(8-6-17)24-25(32-13-12-31-24)33-35-23-4-2-1-3-21(23)26(28,29)30/h1-15H,16H2,(H,32,33)/p+1. The minimum absolute atomic E-state index is 0.0638. The Balaban J connectivity index is 1.36. The highest BCUT2D eigenvalue weighted by atomic mass is 32.2. The van der Waals surface area contributed by atoms with E-state index in [0.717, 1.165) is 40.0 Å². The minimum Gasteiger partial charge on any atom is -0.343 e. The van der Waals surface area contributed by atoms with Crippen LogP contribution < -0.4 is 9.71 Å². The first-order valence-corrected chi connectivity index (χ1v) is 11.5. The van der Waals surface area contributed by atoms with Crippen LogP contribution in [0.4, 0.5) is 23.4 Å². The smallest absolute Gasteiger partial charge is 0.343 e. The molecule has 3 aromatic carbocycles. The summed E-state index contributed by atoms with van der Waals surface area (Å²) in [5.74, 6) is 0.198. The predicted molar refractivity (Wildman–Crippen MR) is 128 cm³/mol. The Morgan fingerprint density at radius 1 is 0.971 bits per heavy atom. The van der Waals surface area contributed by atoms with Crippen LogP contribution in [-0.4, -0.2) is 9.55 Å². The normalized spacial score (nSPS) is 11.7. The maximum Gasteiger partial charge on any atom is 0.417 e. The third kappa shape index (κ3) is 5.00. The molecule has 0 saturated heterocycles. The monoisotopic (exact) mass is 495 g/mol. The van der Waals surface area contributed by atoms with Crippen LogP contribution >= 0.6 is 11.9 Å². The Kier molecular flexibility index (Phi) is 6.17. The first-order valence-electron chi connectivity index (χ1n) is 10.7. The summed E-state index contributed by atoms with van der Waals surface area (Å²) in [6.07, 6.45) is 0.666. The summed E-state index contributed by atoms with van der Waals surface area (Å²) < 4.78 is 58.6. The van der Waals surface area contributed by atoms with Crippen LogP contribution in [0.2, 0.25) is 0 Å². The molecule has 0 fully saturated rings. The number of aromatic amines is 1. The molecule has 0 atom stereocenters. The average Bonchev–Trinajstić information content (AvgIpc) is 3.25. The lowest BCUT2D eigenvalue weighted by molar-refractivity contribution is -0.360. The van der Waals surface area contributed by atoms with Crippen molar-refractivity contribution in [1.82, 2.24) is 9.55 Å². The Morgan fingerprint density at radius 2 is 1.77 bits per heavy atom. The molecule has 2 aromatic heterocycles. The number of alkyl halides is 3. The summed E-state index contributed by atoms with van der Waals surface area (Å²) in [7, 11) is 0. The zero-order valence-electron chi connectivity index (χ0n) is 18.2. The van der Waals surface area contributed by atoms with Crippen molar-refractivity contribution in [2.75, 3.05) is 4.72 Å². The van der Waals surface area contributed by atoms with Gasteiger partial charge in [-0.05, 0) is 47.3 Å². The van der Waals surface area contributed by atoms with Gasteiger partial charge in [0.25, 0.3) is 0 Å². The number of hydrogen-bond donors (Lipinski definition) is 1. The van der Waals surface area contributed by atoms with Crippen molar-refractivity contribution < 1.29 is 22.5 Å². The highest BCUT2D eigenvalue weighted by molar-refractivity contribution is 8.00. The molecule has 0 saturated carbocycles. The number of benzene rings is 3. The van der Waals surface area contributed by atoms with Crippen molar-refractivity contribution in [2.24, 2.45) is 0 Å². The zero-order valence-corrected chi connectivity index (χ0v) is 19.0. The minimum atomic E-state index is -4.45. The van der Waals surface area contributed by atoms with Crippen LogP contribution in [0.1, 0.15) is 11.1 Å². The maximum absolute atomic E-state index is 13.7. The van der Waals surface area contributed by atoms with E-state index in [2.05, 4.69) is 14.7 Å². The molecule has 0 aliphatic heterocycles. The number of hydrogen-bond acceptors (Lipinski definition) is 3. The molecular formula is C26H19F4N4S+. The lowest BCUT2D eigenvalue weighted by atomic mass is 10.1.